The number of hydrogen-bond donors (Lipinski definition) is 2. The lowest BCUT2D eigenvalue weighted by atomic mass is 10.2. The van der Waals surface area contributed by atoms with Crippen molar-refractivity contribution in [3.8, 4) is 11.5 Å². The summed E-state index contributed by atoms with van der Waals surface area (Å²) in [5, 5.41) is 11.8. The van der Waals surface area contributed by atoms with E-state index in [9.17, 15) is 9.90 Å². The van der Waals surface area contributed by atoms with Gasteiger partial charge in [-0.05, 0) is 18.2 Å². The van der Waals surface area contributed by atoms with Crippen LogP contribution in [0.5, 0.6) is 11.5 Å². The monoisotopic (exact) mass is 273 g/mol. The Balaban J connectivity index is 2.74. The lowest BCUT2D eigenvalue weighted by molar-refractivity contribution is 0.0925. The maximum Gasteiger partial charge on any atom is 0.251 e. The number of carbonyl (C=O) groups is 1. The summed E-state index contributed by atoms with van der Waals surface area (Å²) < 4.78 is 10.2. The third-order valence-electron chi connectivity index (χ3n) is 2.32. The standard InChI is InChI=1S/C12H16ClNO4/c1-17-10-4-3-8(5-11(10)18-2)12(16)14-7-9(15)6-13/h3-5,9,15H,6-7H2,1-2H3,(H,14,16). The zero-order valence-electron chi connectivity index (χ0n) is 10.3. The van der Waals surface area contributed by atoms with Gasteiger partial charge in [0.1, 0.15) is 0 Å². The first-order valence-electron chi connectivity index (χ1n) is 5.36. The molecule has 0 saturated heterocycles. The molecule has 0 heterocycles. The van der Waals surface area contributed by atoms with E-state index in [-0.39, 0.29) is 18.3 Å². The predicted molar refractivity (Wildman–Crippen MR) is 68.6 cm³/mol. The molecule has 1 aromatic carbocycles. The molecule has 1 atom stereocenters. The molecule has 1 amide bonds. The normalized spacial score (nSPS) is 11.8. The van der Waals surface area contributed by atoms with Gasteiger partial charge in [0.05, 0.1) is 26.2 Å². The fourth-order valence-corrected chi connectivity index (χ4v) is 1.45. The van der Waals surface area contributed by atoms with Crippen LogP contribution in [-0.4, -0.2) is 43.8 Å². The first-order valence-corrected chi connectivity index (χ1v) is 5.90. The van der Waals surface area contributed by atoms with Crippen LogP contribution in [0.1, 0.15) is 10.4 Å². The summed E-state index contributed by atoms with van der Waals surface area (Å²) in [6.07, 6.45) is -0.754. The Labute approximate surface area is 111 Å². The molecular weight excluding hydrogens is 258 g/mol. The molecule has 0 aliphatic heterocycles. The van der Waals surface area contributed by atoms with Gasteiger partial charge in [0.15, 0.2) is 11.5 Å². The molecule has 0 aromatic heterocycles. The largest absolute Gasteiger partial charge is 0.493 e. The molecule has 5 nitrogen and oxygen atoms in total. The van der Waals surface area contributed by atoms with Crippen molar-refractivity contribution in [3.05, 3.63) is 23.8 Å². The highest BCUT2D eigenvalue weighted by atomic mass is 35.5. The van der Waals surface area contributed by atoms with Gasteiger partial charge in [-0.1, -0.05) is 0 Å². The fourth-order valence-electron chi connectivity index (χ4n) is 1.34. The third-order valence-corrected chi connectivity index (χ3v) is 2.68. The molecule has 0 bridgehead atoms. The summed E-state index contributed by atoms with van der Waals surface area (Å²) in [5.41, 5.74) is 0.425. The van der Waals surface area contributed by atoms with Gasteiger partial charge in [0.2, 0.25) is 0 Å². The number of halogens is 1. The number of rotatable bonds is 6. The second-order valence-electron chi connectivity index (χ2n) is 3.59. The second kappa shape index (κ2) is 7.08. The Hall–Kier alpha value is -1.46. The van der Waals surface area contributed by atoms with Crippen LogP contribution < -0.4 is 14.8 Å². The average Bonchev–Trinajstić information content (AvgIpc) is 2.43. The number of ether oxygens (including phenoxy) is 2. The van der Waals surface area contributed by atoms with Crippen LogP contribution >= 0.6 is 11.6 Å². The van der Waals surface area contributed by atoms with E-state index in [0.29, 0.717) is 17.1 Å². The quantitative estimate of drug-likeness (QED) is 0.760. The molecule has 0 fully saturated rings. The molecular formula is C12H16ClNO4. The number of nitrogens with one attached hydrogen (secondary N) is 1. The van der Waals surface area contributed by atoms with Crippen LogP contribution in [0.2, 0.25) is 0 Å². The Kier molecular flexibility index (Phi) is 5.74. The number of aliphatic hydroxyl groups excluding tert-OH is 1. The molecule has 0 radical (unpaired) electrons. The lowest BCUT2D eigenvalue weighted by Gasteiger charge is -2.11. The van der Waals surface area contributed by atoms with Crippen LogP contribution in [0.4, 0.5) is 0 Å². The van der Waals surface area contributed by atoms with Crippen molar-refractivity contribution in [2.45, 2.75) is 6.10 Å². The van der Waals surface area contributed by atoms with Gasteiger partial charge in [-0.2, -0.15) is 0 Å². The molecule has 0 aliphatic rings. The number of carbonyl (C=O) groups excluding carboxylic acids is 1. The van der Waals surface area contributed by atoms with E-state index in [1.54, 1.807) is 18.2 Å². The number of alkyl halides is 1. The number of amides is 1. The highest BCUT2D eigenvalue weighted by Gasteiger charge is 2.11. The summed E-state index contributed by atoms with van der Waals surface area (Å²) in [6.45, 7) is 0.108. The molecule has 0 spiro atoms. The molecule has 2 N–H and O–H groups in total. The Morgan fingerprint density at radius 1 is 1.39 bits per heavy atom. The first-order chi connectivity index (χ1) is 8.62. The van der Waals surface area contributed by atoms with Crippen LogP contribution in [-0.2, 0) is 0 Å². The van der Waals surface area contributed by atoms with Crippen molar-refractivity contribution in [2.24, 2.45) is 0 Å². The molecule has 18 heavy (non-hydrogen) atoms. The number of methoxy groups -OCH3 is 2. The molecule has 1 unspecified atom stereocenters. The Bertz CT molecular complexity index is 411. The lowest BCUT2D eigenvalue weighted by Crippen LogP contribution is -2.32. The van der Waals surface area contributed by atoms with E-state index in [0.717, 1.165) is 0 Å². The maximum absolute atomic E-state index is 11.8. The zero-order chi connectivity index (χ0) is 13.5. The van der Waals surface area contributed by atoms with E-state index < -0.39 is 6.10 Å². The third kappa shape index (κ3) is 3.78. The molecule has 6 heteroatoms. The fraction of sp³-hybridized carbons (Fsp3) is 0.417. The van der Waals surface area contributed by atoms with Gasteiger partial charge >= 0.3 is 0 Å². The van der Waals surface area contributed by atoms with Crippen LogP contribution in [0, 0.1) is 0 Å². The van der Waals surface area contributed by atoms with E-state index in [2.05, 4.69) is 5.32 Å². The number of aliphatic hydroxyl groups is 1. The van der Waals surface area contributed by atoms with Crippen molar-refractivity contribution in [1.82, 2.24) is 5.32 Å². The van der Waals surface area contributed by atoms with Gasteiger partial charge in [-0.25, -0.2) is 0 Å². The van der Waals surface area contributed by atoms with Crippen molar-refractivity contribution in [3.63, 3.8) is 0 Å². The summed E-state index contributed by atoms with van der Waals surface area (Å²) in [7, 11) is 3.02. The molecule has 0 aliphatic carbocycles. The SMILES string of the molecule is COc1ccc(C(=O)NCC(O)CCl)cc1OC. The van der Waals surface area contributed by atoms with E-state index in [1.807, 2.05) is 0 Å². The summed E-state index contributed by atoms with van der Waals surface area (Å²) in [6, 6.07) is 4.83. The van der Waals surface area contributed by atoms with Crippen LogP contribution in [0.3, 0.4) is 0 Å². The minimum atomic E-state index is -0.754. The molecule has 1 aromatic rings. The summed E-state index contributed by atoms with van der Waals surface area (Å²) in [5.74, 6) is 0.796. The van der Waals surface area contributed by atoms with Crippen molar-refractivity contribution < 1.29 is 19.4 Å². The smallest absolute Gasteiger partial charge is 0.251 e. The van der Waals surface area contributed by atoms with Crippen LogP contribution in [0.15, 0.2) is 18.2 Å². The van der Waals surface area contributed by atoms with Gasteiger partial charge in [-0.3, -0.25) is 4.79 Å². The van der Waals surface area contributed by atoms with Gasteiger partial charge < -0.3 is 19.9 Å². The molecule has 100 valence electrons. The van der Waals surface area contributed by atoms with Crippen LogP contribution in [0.25, 0.3) is 0 Å². The highest BCUT2D eigenvalue weighted by Crippen LogP contribution is 2.27. The molecule has 0 saturated carbocycles. The minimum Gasteiger partial charge on any atom is -0.493 e. The minimum absolute atomic E-state index is 0.0756. The van der Waals surface area contributed by atoms with Crippen molar-refractivity contribution in [2.75, 3.05) is 26.6 Å². The van der Waals surface area contributed by atoms with E-state index in [4.69, 9.17) is 21.1 Å². The topological polar surface area (TPSA) is 67.8 Å². The zero-order valence-corrected chi connectivity index (χ0v) is 11.0. The van der Waals surface area contributed by atoms with E-state index in [1.165, 1.54) is 14.2 Å². The predicted octanol–water partition coefficient (Wildman–Crippen LogP) is 1.03. The number of hydrogen-bond acceptors (Lipinski definition) is 4. The second-order valence-corrected chi connectivity index (χ2v) is 3.90. The summed E-state index contributed by atoms with van der Waals surface area (Å²) in [4.78, 5) is 11.8. The van der Waals surface area contributed by atoms with Gasteiger partial charge in [0.25, 0.3) is 5.91 Å². The Morgan fingerprint density at radius 3 is 2.61 bits per heavy atom. The Morgan fingerprint density at radius 2 is 2.06 bits per heavy atom. The average molecular weight is 274 g/mol. The number of benzene rings is 1. The summed E-state index contributed by atoms with van der Waals surface area (Å²) >= 11 is 5.43. The van der Waals surface area contributed by atoms with Gasteiger partial charge in [0, 0.05) is 12.1 Å². The van der Waals surface area contributed by atoms with Gasteiger partial charge in [-0.15, -0.1) is 11.6 Å². The van der Waals surface area contributed by atoms with Crippen molar-refractivity contribution >= 4 is 17.5 Å². The molecule has 1 rings (SSSR count). The highest BCUT2D eigenvalue weighted by molar-refractivity contribution is 6.18. The van der Waals surface area contributed by atoms with Crippen molar-refractivity contribution in [1.29, 1.82) is 0 Å². The first kappa shape index (κ1) is 14.6. The maximum atomic E-state index is 11.8. The van der Waals surface area contributed by atoms with E-state index >= 15 is 0 Å².